The molecule has 1 aliphatic rings. The van der Waals surface area contributed by atoms with E-state index in [2.05, 4.69) is 45.0 Å². The zero-order chi connectivity index (χ0) is 24.2. The molecule has 35 heavy (non-hydrogen) atoms. The monoisotopic (exact) mass is 493 g/mol. The third kappa shape index (κ3) is 4.85. The molecule has 9 nitrogen and oxygen atoms in total. The highest BCUT2D eigenvalue weighted by Gasteiger charge is 2.33. The van der Waals surface area contributed by atoms with E-state index in [9.17, 15) is 4.79 Å². The number of rotatable bonds is 10. The van der Waals surface area contributed by atoms with E-state index in [1.165, 1.54) is 9.72 Å². The number of para-hydroxylation sites is 1. The summed E-state index contributed by atoms with van der Waals surface area (Å²) in [4.78, 5) is 35.5. The molecule has 4 aromatic rings. The molecule has 2 unspecified atom stereocenters. The van der Waals surface area contributed by atoms with Crippen LogP contribution in [0.2, 0.25) is 0 Å². The Bertz CT molecular complexity index is 1290. The van der Waals surface area contributed by atoms with Gasteiger partial charge in [-0.15, -0.1) is 16.4 Å². The quantitative estimate of drug-likeness (QED) is 0.309. The fourth-order valence-electron chi connectivity index (χ4n) is 4.85. The summed E-state index contributed by atoms with van der Waals surface area (Å²) in [5, 5.41) is 9.56. The van der Waals surface area contributed by atoms with Crippen LogP contribution in [0.15, 0.2) is 36.7 Å². The van der Waals surface area contributed by atoms with Gasteiger partial charge in [-0.3, -0.25) is 4.90 Å². The van der Waals surface area contributed by atoms with E-state index in [0.717, 1.165) is 72.3 Å². The lowest BCUT2D eigenvalue weighted by molar-refractivity contribution is -0.112. The molecule has 5 rings (SSSR count). The highest BCUT2D eigenvalue weighted by molar-refractivity contribution is 7.18. The Morgan fingerprint density at radius 3 is 2.94 bits per heavy atom. The Kier molecular flexibility index (Phi) is 7.19. The van der Waals surface area contributed by atoms with E-state index in [4.69, 9.17) is 9.82 Å². The number of aryl methyl sites for hydroxylation is 1. The first-order chi connectivity index (χ1) is 17.2. The van der Waals surface area contributed by atoms with Crippen LogP contribution in [0.25, 0.3) is 21.3 Å². The lowest BCUT2D eigenvalue weighted by atomic mass is 10.1. The van der Waals surface area contributed by atoms with Crippen molar-refractivity contribution < 1.29 is 9.63 Å². The molecule has 184 valence electrons. The molecule has 1 fully saturated rings. The first kappa shape index (κ1) is 23.6. The number of carbonyl (C=O) groups is 1. The number of hydrogen-bond donors (Lipinski definition) is 0. The van der Waals surface area contributed by atoms with Crippen LogP contribution in [-0.2, 0) is 11.2 Å². The summed E-state index contributed by atoms with van der Waals surface area (Å²) >= 11 is 1.75. The van der Waals surface area contributed by atoms with Crippen LogP contribution in [0.3, 0.4) is 0 Å². The van der Waals surface area contributed by atoms with Gasteiger partial charge in [-0.1, -0.05) is 37.2 Å². The van der Waals surface area contributed by atoms with Crippen LogP contribution in [0.1, 0.15) is 44.4 Å². The summed E-state index contributed by atoms with van der Waals surface area (Å²) in [6.45, 7) is 6.84. The normalized spacial score (nSPS) is 17.8. The van der Waals surface area contributed by atoms with Crippen molar-refractivity contribution >= 4 is 44.7 Å². The highest BCUT2D eigenvalue weighted by Crippen LogP contribution is 2.33. The van der Waals surface area contributed by atoms with Crippen LogP contribution in [0.5, 0.6) is 0 Å². The largest absolute Gasteiger partial charge is 0.375 e. The van der Waals surface area contributed by atoms with Crippen LogP contribution >= 0.6 is 11.3 Å². The van der Waals surface area contributed by atoms with E-state index in [1.54, 1.807) is 17.7 Å². The maximum Gasteiger partial charge on any atom is 0.181 e. The predicted molar refractivity (Wildman–Crippen MR) is 138 cm³/mol. The van der Waals surface area contributed by atoms with Gasteiger partial charge in [-0.05, 0) is 36.3 Å². The van der Waals surface area contributed by atoms with Crippen molar-refractivity contribution in [1.82, 2.24) is 30.0 Å². The maximum absolute atomic E-state index is 11.2. The number of fused-ring (bicyclic) bond motifs is 2. The molecule has 2 atom stereocenters. The van der Waals surface area contributed by atoms with Crippen molar-refractivity contribution in [2.24, 2.45) is 0 Å². The summed E-state index contributed by atoms with van der Waals surface area (Å²) < 4.78 is 0. The van der Waals surface area contributed by atoms with Gasteiger partial charge >= 0.3 is 0 Å². The van der Waals surface area contributed by atoms with Gasteiger partial charge < -0.3 is 14.5 Å². The Balaban J connectivity index is 1.40. The Labute approximate surface area is 208 Å². The molecule has 3 aromatic heterocycles. The lowest BCUT2D eigenvalue weighted by Crippen LogP contribution is -2.58. The topological polar surface area (TPSA) is 89.3 Å². The van der Waals surface area contributed by atoms with Crippen LogP contribution < -0.4 is 9.74 Å². The highest BCUT2D eigenvalue weighted by atomic mass is 32.1. The summed E-state index contributed by atoms with van der Waals surface area (Å²) in [5.74, 6) is 1.02. The molecule has 0 aliphatic carbocycles. The van der Waals surface area contributed by atoms with Crippen molar-refractivity contribution in [1.29, 1.82) is 0 Å². The van der Waals surface area contributed by atoms with Crippen molar-refractivity contribution in [3.05, 3.63) is 41.5 Å². The Morgan fingerprint density at radius 1 is 1.23 bits per heavy atom. The molecule has 0 amide bonds. The average Bonchev–Trinajstić information content (AvgIpc) is 3.51. The molecule has 0 saturated carbocycles. The standard InChI is InChI=1S/C25H31N7O2S/c1-3-8-18-16-30(12-13-31(18)24-20-15-19(4-2)35-25(20)27-17-26-24)23(11-7-14-33)34-32-22-10-6-5-9-21(22)28-29-32/h5-6,9-10,14-15,17-18,23H,3-4,7-8,11-13,16H2,1-2H3. The molecule has 1 aliphatic heterocycles. The van der Waals surface area contributed by atoms with Gasteiger partial charge in [0.1, 0.15) is 34.3 Å². The van der Waals surface area contributed by atoms with Crippen LogP contribution in [-0.4, -0.2) is 68.2 Å². The summed E-state index contributed by atoms with van der Waals surface area (Å²) in [5.41, 5.74) is 1.60. The molecule has 0 bridgehead atoms. The molecular weight excluding hydrogens is 462 g/mol. The first-order valence-corrected chi connectivity index (χ1v) is 13.2. The van der Waals surface area contributed by atoms with Crippen molar-refractivity contribution in [2.75, 3.05) is 24.5 Å². The van der Waals surface area contributed by atoms with E-state index in [0.29, 0.717) is 12.8 Å². The number of thiophene rings is 1. The fraction of sp³-hybridized carbons (Fsp3) is 0.480. The third-order valence-electron chi connectivity index (χ3n) is 6.60. The number of aldehydes is 1. The minimum atomic E-state index is -0.273. The number of hydrogen-bond acceptors (Lipinski definition) is 9. The maximum atomic E-state index is 11.2. The van der Waals surface area contributed by atoms with Crippen LogP contribution in [0, 0.1) is 0 Å². The summed E-state index contributed by atoms with van der Waals surface area (Å²) in [6.07, 6.45) is 6.50. The number of aromatic nitrogens is 5. The average molecular weight is 494 g/mol. The third-order valence-corrected chi connectivity index (χ3v) is 7.79. The van der Waals surface area contributed by atoms with Gasteiger partial charge in [0.15, 0.2) is 6.23 Å². The van der Waals surface area contributed by atoms with Gasteiger partial charge in [0, 0.05) is 43.4 Å². The van der Waals surface area contributed by atoms with Crippen molar-refractivity contribution in [3.8, 4) is 0 Å². The minimum Gasteiger partial charge on any atom is -0.375 e. The van der Waals surface area contributed by atoms with Gasteiger partial charge in [0.05, 0.1) is 5.39 Å². The predicted octanol–water partition coefficient (Wildman–Crippen LogP) is 3.72. The lowest BCUT2D eigenvalue weighted by Gasteiger charge is -2.44. The number of benzene rings is 1. The second kappa shape index (κ2) is 10.7. The molecule has 10 heteroatoms. The number of piperazine rings is 1. The molecular formula is C25H31N7O2S. The molecule has 1 aromatic carbocycles. The van der Waals surface area contributed by atoms with E-state index >= 15 is 0 Å². The van der Waals surface area contributed by atoms with E-state index < -0.39 is 0 Å². The van der Waals surface area contributed by atoms with Gasteiger partial charge in [-0.2, -0.15) is 0 Å². The SMILES string of the molecule is CCCC1CN(C(CCC=O)On2nnc3ccccc32)CCN1c1ncnc2sc(CC)cc12. The van der Waals surface area contributed by atoms with Gasteiger partial charge in [0.25, 0.3) is 0 Å². The Morgan fingerprint density at radius 2 is 2.11 bits per heavy atom. The first-order valence-electron chi connectivity index (χ1n) is 12.4. The molecule has 0 spiro atoms. The molecule has 0 N–H and O–H groups in total. The second-order valence-corrected chi connectivity index (χ2v) is 9.98. The van der Waals surface area contributed by atoms with Crippen LogP contribution in [0.4, 0.5) is 5.82 Å². The van der Waals surface area contributed by atoms with Crippen molar-refractivity contribution in [3.63, 3.8) is 0 Å². The van der Waals surface area contributed by atoms with E-state index in [-0.39, 0.29) is 12.3 Å². The zero-order valence-electron chi connectivity index (χ0n) is 20.2. The van der Waals surface area contributed by atoms with Crippen molar-refractivity contribution in [2.45, 2.75) is 58.2 Å². The number of anilines is 1. The second-order valence-electron chi connectivity index (χ2n) is 8.87. The molecule has 0 radical (unpaired) electrons. The summed E-state index contributed by atoms with van der Waals surface area (Å²) in [6, 6.07) is 10.3. The summed E-state index contributed by atoms with van der Waals surface area (Å²) in [7, 11) is 0. The fourth-order valence-corrected chi connectivity index (χ4v) is 5.78. The smallest absolute Gasteiger partial charge is 0.181 e. The number of nitrogens with zero attached hydrogens (tertiary/aromatic N) is 7. The number of carbonyl (C=O) groups excluding carboxylic acids is 1. The van der Waals surface area contributed by atoms with Gasteiger partial charge in [0.2, 0.25) is 0 Å². The van der Waals surface area contributed by atoms with E-state index in [1.807, 2.05) is 24.3 Å². The Hall–Kier alpha value is -3.11. The molecule has 4 heterocycles. The zero-order valence-corrected chi connectivity index (χ0v) is 21.0. The molecule has 1 saturated heterocycles. The van der Waals surface area contributed by atoms with Gasteiger partial charge in [-0.25, -0.2) is 9.97 Å². The minimum absolute atomic E-state index is 0.273.